The smallest absolute Gasteiger partial charge is 0.330 e. The minimum atomic E-state index is -0.677. The molecule has 0 spiro atoms. The molecule has 1 aliphatic heterocycles. The monoisotopic (exact) mass is 495 g/mol. The summed E-state index contributed by atoms with van der Waals surface area (Å²) in [6.45, 7) is 0.316. The topological polar surface area (TPSA) is 126 Å². The lowest BCUT2D eigenvalue weighted by Gasteiger charge is -2.28. The third-order valence-electron chi connectivity index (χ3n) is 5.40. The van der Waals surface area contributed by atoms with E-state index in [0.29, 0.717) is 12.2 Å². The van der Waals surface area contributed by atoms with Gasteiger partial charge >= 0.3 is 5.69 Å². The van der Waals surface area contributed by atoms with Gasteiger partial charge in [-0.05, 0) is 17.7 Å². The summed E-state index contributed by atoms with van der Waals surface area (Å²) in [7, 11) is 1.49. The molecular weight excluding hydrogens is 470 g/mol. The highest BCUT2D eigenvalue weighted by Gasteiger charge is 2.27. The molecule has 0 radical (unpaired) electrons. The molecule has 35 heavy (non-hydrogen) atoms. The van der Waals surface area contributed by atoms with Crippen LogP contribution in [-0.4, -0.2) is 47.4 Å². The van der Waals surface area contributed by atoms with Crippen LogP contribution < -0.4 is 26.8 Å². The predicted molar refractivity (Wildman–Crippen MR) is 135 cm³/mol. The summed E-state index contributed by atoms with van der Waals surface area (Å²) < 4.78 is 6.33. The van der Waals surface area contributed by atoms with E-state index in [1.165, 1.54) is 28.3 Å². The number of carbonyl (C=O) groups is 2. The van der Waals surface area contributed by atoms with Crippen LogP contribution in [0.25, 0.3) is 0 Å². The van der Waals surface area contributed by atoms with Crippen molar-refractivity contribution in [3.8, 4) is 0 Å². The first-order chi connectivity index (χ1) is 17.0. The van der Waals surface area contributed by atoms with Crippen LogP contribution in [0.15, 0.2) is 69.1 Å². The summed E-state index contributed by atoms with van der Waals surface area (Å²) in [6, 6.07) is 16.7. The maximum atomic E-state index is 13.1. The summed E-state index contributed by atoms with van der Waals surface area (Å²) in [4.78, 5) is 55.6. The minimum Gasteiger partial charge on any atom is -0.383 e. The van der Waals surface area contributed by atoms with Crippen LogP contribution in [-0.2, 0) is 27.4 Å². The van der Waals surface area contributed by atoms with Gasteiger partial charge in [-0.1, -0.05) is 42.5 Å². The first-order valence-electron chi connectivity index (χ1n) is 10.9. The number of thioether (sulfide) groups is 1. The maximum absolute atomic E-state index is 13.1. The second-order valence-electron chi connectivity index (χ2n) is 7.75. The molecule has 3 N–H and O–H groups in total. The van der Waals surface area contributed by atoms with Crippen molar-refractivity contribution in [1.29, 1.82) is 0 Å². The maximum Gasteiger partial charge on any atom is 0.330 e. The molecule has 0 bridgehead atoms. The molecule has 2 heterocycles. The summed E-state index contributed by atoms with van der Waals surface area (Å²) >= 11 is 1.42. The zero-order chi connectivity index (χ0) is 24.8. The van der Waals surface area contributed by atoms with E-state index in [9.17, 15) is 19.2 Å². The molecule has 1 aromatic heterocycles. The standard InChI is InChI=1S/C24H25N5O5S/c1-34-12-11-28-22(21(23(32)27-24(28)33)25-13-16-7-3-2-4-8-16)26-19(30)14-29-17-9-5-6-10-18(17)35-15-20(29)31/h2-10,25H,11-15H2,1H3,(H,26,30)(H,27,32,33). The molecule has 0 saturated carbocycles. The van der Waals surface area contributed by atoms with Gasteiger partial charge in [0, 0.05) is 18.6 Å². The summed E-state index contributed by atoms with van der Waals surface area (Å²) in [6.07, 6.45) is 0. The number of amides is 2. The van der Waals surface area contributed by atoms with Gasteiger partial charge in [0.2, 0.25) is 11.8 Å². The van der Waals surface area contributed by atoms with Crippen LogP contribution in [0.1, 0.15) is 5.56 Å². The Balaban J connectivity index is 1.64. The van der Waals surface area contributed by atoms with Crippen LogP contribution in [0.2, 0.25) is 0 Å². The Bertz CT molecular complexity index is 1340. The Morgan fingerprint density at radius 3 is 2.60 bits per heavy atom. The Morgan fingerprint density at radius 1 is 1.09 bits per heavy atom. The number of hydrogen-bond acceptors (Lipinski definition) is 7. The van der Waals surface area contributed by atoms with Gasteiger partial charge in [0.05, 0.1) is 24.6 Å². The fourth-order valence-electron chi connectivity index (χ4n) is 3.69. The normalized spacial score (nSPS) is 12.8. The molecule has 10 nitrogen and oxygen atoms in total. The van der Waals surface area contributed by atoms with Gasteiger partial charge in [-0.15, -0.1) is 11.8 Å². The molecule has 3 aromatic rings. The van der Waals surface area contributed by atoms with Gasteiger partial charge in [-0.25, -0.2) is 4.79 Å². The lowest BCUT2D eigenvalue weighted by molar-refractivity contribution is -0.120. The average molecular weight is 496 g/mol. The zero-order valence-corrected chi connectivity index (χ0v) is 19.9. The molecule has 2 aromatic carbocycles. The molecular formula is C24H25N5O5S. The van der Waals surface area contributed by atoms with Crippen molar-refractivity contribution < 1.29 is 14.3 Å². The first-order valence-corrected chi connectivity index (χ1v) is 11.9. The van der Waals surface area contributed by atoms with E-state index in [2.05, 4.69) is 15.6 Å². The predicted octanol–water partition coefficient (Wildman–Crippen LogP) is 1.87. The third-order valence-corrected chi connectivity index (χ3v) is 6.45. The average Bonchev–Trinajstić information content (AvgIpc) is 2.86. The van der Waals surface area contributed by atoms with Crippen LogP contribution in [0.3, 0.4) is 0 Å². The molecule has 4 rings (SSSR count). The molecule has 0 fully saturated rings. The van der Waals surface area contributed by atoms with E-state index >= 15 is 0 Å². The van der Waals surface area contributed by atoms with Gasteiger partial charge in [0.1, 0.15) is 18.1 Å². The number of aromatic amines is 1. The molecule has 0 saturated heterocycles. The van der Waals surface area contributed by atoms with E-state index < -0.39 is 17.2 Å². The van der Waals surface area contributed by atoms with E-state index in [0.717, 1.165) is 10.5 Å². The number of aromatic nitrogens is 2. The van der Waals surface area contributed by atoms with E-state index in [1.807, 2.05) is 42.5 Å². The van der Waals surface area contributed by atoms with Gasteiger partial charge in [0.15, 0.2) is 0 Å². The number of ether oxygens (including phenoxy) is 1. The van der Waals surface area contributed by atoms with Crippen molar-refractivity contribution in [3.63, 3.8) is 0 Å². The van der Waals surface area contributed by atoms with E-state index in [4.69, 9.17) is 4.74 Å². The lowest BCUT2D eigenvalue weighted by atomic mass is 10.2. The van der Waals surface area contributed by atoms with Crippen molar-refractivity contribution in [2.75, 3.05) is 41.5 Å². The minimum absolute atomic E-state index is 0.0175. The third kappa shape index (κ3) is 5.64. The number of para-hydroxylation sites is 1. The molecule has 0 unspecified atom stereocenters. The lowest BCUT2D eigenvalue weighted by Crippen LogP contribution is -2.42. The van der Waals surface area contributed by atoms with Gasteiger partial charge < -0.3 is 20.3 Å². The Labute approximate surface area is 205 Å². The molecule has 182 valence electrons. The highest BCUT2D eigenvalue weighted by Crippen LogP contribution is 2.34. The van der Waals surface area contributed by atoms with E-state index in [1.54, 1.807) is 12.1 Å². The molecule has 11 heteroatoms. The number of methoxy groups -OCH3 is 1. The highest BCUT2D eigenvalue weighted by molar-refractivity contribution is 8.00. The summed E-state index contributed by atoms with van der Waals surface area (Å²) in [5.41, 5.74) is 0.258. The molecule has 0 atom stereocenters. The number of nitrogens with one attached hydrogen (secondary N) is 3. The number of nitrogens with zero attached hydrogens (tertiary/aromatic N) is 2. The number of rotatable bonds is 9. The Hall–Kier alpha value is -3.83. The molecule has 1 aliphatic rings. The second-order valence-corrected chi connectivity index (χ2v) is 8.77. The number of anilines is 3. The zero-order valence-electron chi connectivity index (χ0n) is 19.1. The molecule has 2 amide bonds. The van der Waals surface area contributed by atoms with Gasteiger partial charge in [-0.3, -0.25) is 23.9 Å². The van der Waals surface area contributed by atoms with Crippen molar-refractivity contribution in [2.24, 2.45) is 0 Å². The van der Waals surface area contributed by atoms with Crippen LogP contribution in [0.4, 0.5) is 17.2 Å². The number of benzene rings is 2. The fourth-order valence-corrected chi connectivity index (χ4v) is 4.63. The summed E-state index contributed by atoms with van der Waals surface area (Å²) in [5, 5.41) is 5.72. The van der Waals surface area contributed by atoms with Crippen molar-refractivity contribution in [1.82, 2.24) is 9.55 Å². The van der Waals surface area contributed by atoms with Crippen molar-refractivity contribution in [3.05, 3.63) is 81.0 Å². The quantitative estimate of drug-likeness (QED) is 0.414. The number of carbonyl (C=O) groups excluding carboxylic acids is 2. The van der Waals surface area contributed by atoms with Crippen molar-refractivity contribution in [2.45, 2.75) is 18.0 Å². The number of hydrogen-bond donors (Lipinski definition) is 3. The van der Waals surface area contributed by atoms with Crippen LogP contribution in [0.5, 0.6) is 0 Å². The Morgan fingerprint density at radius 2 is 1.83 bits per heavy atom. The van der Waals surface area contributed by atoms with Gasteiger partial charge in [0.25, 0.3) is 5.56 Å². The largest absolute Gasteiger partial charge is 0.383 e. The van der Waals surface area contributed by atoms with Crippen LogP contribution >= 0.6 is 11.8 Å². The highest BCUT2D eigenvalue weighted by atomic mass is 32.2. The number of H-pyrrole nitrogens is 1. The van der Waals surface area contributed by atoms with Crippen LogP contribution in [0, 0.1) is 0 Å². The Kier molecular flexibility index (Phi) is 7.68. The molecule has 0 aliphatic carbocycles. The van der Waals surface area contributed by atoms with Gasteiger partial charge in [-0.2, -0.15) is 0 Å². The van der Waals surface area contributed by atoms with Crippen molar-refractivity contribution >= 4 is 40.8 Å². The first kappa shape index (κ1) is 24.3. The van der Waals surface area contributed by atoms with E-state index in [-0.39, 0.29) is 42.9 Å². The fraction of sp³-hybridized carbons (Fsp3) is 0.250. The number of fused-ring (bicyclic) bond motifs is 1. The second kappa shape index (κ2) is 11.1. The SMILES string of the molecule is COCCn1c(NC(=O)CN2C(=O)CSc3ccccc32)c(NCc2ccccc2)c(=O)[nH]c1=O. The summed E-state index contributed by atoms with van der Waals surface area (Å²) in [5.74, 6) is -0.505.